The van der Waals surface area contributed by atoms with E-state index in [1.165, 1.54) is 141 Å². The molecule has 0 fully saturated rings. The number of amides is 1. The molecule has 1 amide bonds. The molecule has 5 heteroatoms. The summed E-state index contributed by atoms with van der Waals surface area (Å²) in [7, 11) is 0. The van der Waals surface area contributed by atoms with Crippen molar-refractivity contribution in [3.05, 3.63) is 0 Å². The van der Waals surface area contributed by atoms with Crippen LogP contribution in [0.25, 0.3) is 0 Å². The lowest BCUT2D eigenvalue weighted by molar-refractivity contribution is -0.124. The second-order valence-corrected chi connectivity index (χ2v) is 12.8. The molecule has 0 spiro atoms. The number of hydrogen-bond acceptors (Lipinski definition) is 4. The van der Waals surface area contributed by atoms with Crippen LogP contribution in [0.3, 0.4) is 0 Å². The van der Waals surface area contributed by atoms with Crippen LogP contribution in [0.15, 0.2) is 0 Å². The van der Waals surface area contributed by atoms with Crippen LogP contribution in [0.2, 0.25) is 0 Å². The Bertz CT molecular complexity index is 530. The molecule has 0 aliphatic rings. The fourth-order valence-electron chi connectivity index (χ4n) is 5.81. The van der Waals surface area contributed by atoms with E-state index < -0.39 is 18.2 Å². The van der Waals surface area contributed by atoms with Crippen LogP contribution < -0.4 is 5.32 Å². The third-order valence-electron chi connectivity index (χ3n) is 8.71. The summed E-state index contributed by atoms with van der Waals surface area (Å²) in [6, 6.07) is -0.800. The van der Waals surface area contributed by atoms with Crippen molar-refractivity contribution in [1.82, 2.24) is 5.32 Å². The lowest BCUT2D eigenvalue weighted by atomic mass is 9.99. The van der Waals surface area contributed by atoms with E-state index in [-0.39, 0.29) is 12.5 Å². The van der Waals surface area contributed by atoms with E-state index in [2.05, 4.69) is 19.2 Å². The van der Waals surface area contributed by atoms with Crippen molar-refractivity contribution >= 4 is 5.91 Å². The largest absolute Gasteiger partial charge is 0.394 e. The highest BCUT2D eigenvalue weighted by Crippen LogP contribution is 2.16. The Hall–Kier alpha value is -0.650. The van der Waals surface area contributed by atoms with Gasteiger partial charge < -0.3 is 20.6 Å². The molecule has 0 aromatic rings. The highest BCUT2D eigenvalue weighted by molar-refractivity contribution is 5.76. The maximum Gasteiger partial charge on any atom is 0.220 e. The third-order valence-corrected chi connectivity index (χ3v) is 8.71. The number of aliphatic hydroxyl groups is 3. The maximum absolute atomic E-state index is 12.3. The van der Waals surface area contributed by atoms with Gasteiger partial charge in [-0.2, -0.15) is 0 Å². The van der Waals surface area contributed by atoms with Crippen LogP contribution in [0, 0.1) is 0 Å². The third kappa shape index (κ3) is 27.9. The molecule has 3 unspecified atom stereocenters. The Morgan fingerprint density at radius 3 is 1.17 bits per heavy atom. The van der Waals surface area contributed by atoms with Crippen molar-refractivity contribution in [2.75, 3.05) is 6.61 Å². The van der Waals surface area contributed by atoms with E-state index in [4.69, 9.17) is 0 Å². The lowest BCUT2D eigenvalue weighted by Gasteiger charge is -2.26. The fourth-order valence-corrected chi connectivity index (χ4v) is 5.81. The number of rotatable bonds is 33. The summed E-state index contributed by atoms with van der Waals surface area (Å²) < 4.78 is 0. The smallest absolute Gasteiger partial charge is 0.220 e. The minimum absolute atomic E-state index is 0.143. The molecule has 0 aromatic carbocycles. The number of nitrogens with one attached hydrogen (secondary N) is 1. The van der Waals surface area contributed by atoms with Gasteiger partial charge in [0.25, 0.3) is 0 Å². The van der Waals surface area contributed by atoms with E-state index in [0.717, 1.165) is 32.1 Å². The molecule has 0 saturated carbocycles. The zero-order chi connectivity index (χ0) is 30.2. The summed E-state index contributed by atoms with van der Waals surface area (Å²) in [5.41, 5.74) is 0. The molecule has 0 aliphatic carbocycles. The lowest BCUT2D eigenvalue weighted by Crippen LogP contribution is -2.50. The second-order valence-electron chi connectivity index (χ2n) is 12.8. The summed E-state index contributed by atoms with van der Waals surface area (Å²) in [5, 5.41) is 33.3. The minimum atomic E-state index is -1.13. The molecule has 0 saturated heterocycles. The predicted octanol–water partition coefficient (Wildman–Crippen LogP) is 9.54. The van der Waals surface area contributed by atoms with Crippen LogP contribution in [0.4, 0.5) is 0 Å². The summed E-state index contributed by atoms with van der Waals surface area (Å²) in [6.07, 6.45) is 33.3. The molecular formula is C36H73NO4. The van der Waals surface area contributed by atoms with Gasteiger partial charge in [-0.3, -0.25) is 4.79 Å². The van der Waals surface area contributed by atoms with Crippen molar-refractivity contribution in [2.24, 2.45) is 0 Å². The van der Waals surface area contributed by atoms with Gasteiger partial charge in [-0.05, 0) is 12.8 Å². The van der Waals surface area contributed by atoms with Gasteiger partial charge in [0.05, 0.1) is 18.8 Å². The normalized spacial score (nSPS) is 13.8. The van der Waals surface area contributed by atoms with Gasteiger partial charge in [-0.25, -0.2) is 0 Å². The zero-order valence-corrected chi connectivity index (χ0v) is 27.7. The summed E-state index contributed by atoms with van der Waals surface area (Å²) in [6.45, 7) is 4.17. The Morgan fingerprint density at radius 1 is 0.512 bits per heavy atom. The van der Waals surface area contributed by atoms with E-state index in [1.807, 2.05) is 0 Å². The first-order valence-corrected chi connectivity index (χ1v) is 18.3. The van der Waals surface area contributed by atoms with Gasteiger partial charge in [0.1, 0.15) is 6.10 Å². The highest BCUT2D eigenvalue weighted by atomic mass is 16.3. The van der Waals surface area contributed by atoms with E-state index in [9.17, 15) is 20.1 Å². The Kier molecular flexibility index (Phi) is 31.8. The number of unbranched alkanes of at least 4 members (excludes halogenated alkanes) is 25. The molecule has 4 N–H and O–H groups in total. The van der Waals surface area contributed by atoms with Crippen LogP contribution in [0.5, 0.6) is 0 Å². The van der Waals surface area contributed by atoms with E-state index in [1.54, 1.807) is 0 Å². The average molecular weight is 584 g/mol. The Labute approximate surface area is 256 Å². The van der Waals surface area contributed by atoms with Gasteiger partial charge in [-0.1, -0.05) is 181 Å². The quantitative estimate of drug-likeness (QED) is 0.0579. The molecule has 3 atom stereocenters. The molecule has 0 heterocycles. The summed E-state index contributed by atoms with van der Waals surface area (Å²) >= 11 is 0. The van der Waals surface area contributed by atoms with Gasteiger partial charge >= 0.3 is 0 Å². The molecule has 41 heavy (non-hydrogen) atoms. The number of aliphatic hydroxyl groups excluding tert-OH is 3. The van der Waals surface area contributed by atoms with Crippen LogP contribution in [0.1, 0.15) is 200 Å². The Morgan fingerprint density at radius 2 is 0.829 bits per heavy atom. The van der Waals surface area contributed by atoms with Gasteiger partial charge in [0.15, 0.2) is 0 Å². The number of hydrogen-bond donors (Lipinski definition) is 4. The van der Waals surface area contributed by atoms with Crippen molar-refractivity contribution in [3.8, 4) is 0 Å². The minimum Gasteiger partial charge on any atom is -0.394 e. The molecule has 0 aromatic heterocycles. The first-order chi connectivity index (χ1) is 20.1. The van der Waals surface area contributed by atoms with Crippen LogP contribution in [-0.2, 0) is 4.79 Å². The predicted molar refractivity (Wildman–Crippen MR) is 176 cm³/mol. The Balaban J connectivity index is 3.67. The number of carbonyl (C=O) groups excluding carboxylic acids is 1. The van der Waals surface area contributed by atoms with Crippen LogP contribution in [-0.4, -0.2) is 46.1 Å². The van der Waals surface area contributed by atoms with Crippen molar-refractivity contribution in [2.45, 2.75) is 218 Å². The molecule has 246 valence electrons. The van der Waals surface area contributed by atoms with Gasteiger partial charge in [-0.15, -0.1) is 0 Å². The molecule has 0 aliphatic heterocycles. The van der Waals surface area contributed by atoms with E-state index >= 15 is 0 Å². The standard InChI is InChI=1S/C36H73NO4/c1-3-5-7-9-11-13-15-17-19-21-23-25-27-29-31-35(40)37-33(32-38)36(41)34(39)30-28-26-24-22-20-18-16-14-12-10-8-6-4-2/h33-34,36,38-39,41H,3-32H2,1-2H3,(H,37,40). The highest BCUT2D eigenvalue weighted by Gasteiger charge is 2.26. The maximum atomic E-state index is 12.3. The molecule has 5 nitrogen and oxygen atoms in total. The molecule has 0 bridgehead atoms. The summed E-state index contributed by atoms with van der Waals surface area (Å²) in [5.74, 6) is -0.143. The average Bonchev–Trinajstić information content (AvgIpc) is 2.97. The van der Waals surface area contributed by atoms with Crippen LogP contribution >= 0.6 is 0 Å². The fraction of sp³-hybridized carbons (Fsp3) is 0.972. The van der Waals surface area contributed by atoms with Gasteiger partial charge in [0, 0.05) is 6.42 Å². The topological polar surface area (TPSA) is 89.8 Å². The first kappa shape index (κ1) is 40.4. The first-order valence-electron chi connectivity index (χ1n) is 18.3. The zero-order valence-electron chi connectivity index (χ0n) is 27.7. The van der Waals surface area contributed by atoms with Crippen molar-refractivity contribution in [3.63, 3.8) is 0 Å². The monoisotopic (exact) mass is 584 g/mol. The van der Waals surface area contributed by atoms with Crippen molar-refractivity contribution < 1.29 is 20.1 Å². The number of carbonyl (C=O) groups is 1. The van der Waals surface area contributed by atoms with E-state index in [0.29, 0.717) is 12.8 Å². The molecule has 0 rings (SSSR count). The molecular weight excluding hydrogens is 510 g/mol. The van der Waals surface area contributed by atoms with Crippen molar-refractivity contribution in [1.29, 1.82) is 0 Å². The van der Waals surface area contributed by atoms with Gasteiger partial charge in [0.2, 0.25) is 5.91 Å². The summed E-state index contributed by atoms with van der Waals surface area (Å²) in [4.78, 5) is 12.3. The SMILES string of the molecule is CCCCCCCCCCCCCCCCC(=O)NC(CO)C(O)C(O)CCCCCCCCCCCCCCC. The second kappa shape index (κ2) is 32.3. The molecule has 0 radical (unpaired) electrons.